The van der Waals surface area contributed by atoms with Gasteiger partial charge < -0.3 is 10.4 Å². The molecule has 1 aromatic rings. The number of amides is 1. The van der Waals surface area contributed by atoms with Crippen LogP contribution in [0.3, 0.4) is 0 Å². The van der Waals surface area contributed by atoms with Crippen LogP contribution in [0.5, 0.6) is 0 Å². The van der Waals surface area contributed by atoms with Crippen molar-refractivity contribution in [2.24, 2.45) is 0 Å². The Balaban J connectivity index is 2.59. The number of aliphatic hydroxyl groups is 1. The van der Waals surface area contributed by atoms with E-state index in [1.54, 1.807) is 26.0 Å². The zero-order valence-electron chi connectivity index (χ0n) is 9.46. The van der Waals surface area contributed by atoms with Crippen molar-refractivity contribution in [1.82, 2.24) is 5.32 Å². The summed E-state index contributed by atoms with van der Waals surface area (Å²) in [5.41, 5.74) is 0.643. The molecule has 0 heterocycles. The largest absolute Gasteiger partial charge is 0.389 e. The van der Waals surface area contributed by atoms with E-state index in [2.05, 4.69) is 5.32 Å². The number of nitrogens with one attached hydrogen (secondary N) is 1. The maximum Gasteiger partial charge on any atom is 0.251 e. The number of carbonyl (C=O) groups is 1. The van der Waals surface area contributed by atoms with Crippen LogP contribution in [0.15, 0.2) is 24.3 Å². The van der Waals surface area contributed by atoms with Crippen molar-refractivity contribution in [3.63, 3.8) is 0 Å². The molecular formula is C12H16ClNO2. The molecule has 0 fully saturated rings. The van der Waals surface area contributed by atoms with E-state index in [1.165, 1.54) is 0 Å². The van der Waals surface area contributed by atoms with Crippen LogP contribution in [0.2, 0.25) is 0 Å². The zero-order valence-corrected chi connectivity index (χ0v) is 10.2. The van der Waals surface area contributed by atoms with Crippen LogP contribution < -0.4 is 5.32 Å². The summed E-state index contributed by atoms with van der Waals surface area (Å²) in [6.45, 7) is 3.51. The van der Waals surface area contributed by atoms with E-state index in [-0.39, 0.29) is 12.5 Å². The second kappa shape index (κ2) is 5.32. The van der Waals surface area contributed by atoms with E-state index >= 15 is 0 Å². The first-order valence-electron chi connectivity index (χ1n) is 5.08. The van der Waals surface area contributed by atoms with Gasteiger partial charge in [-0.15, -0.1) is 11.6 Å². The Morgan fingerprint density at radius 1 is 1.38 bits per heavy atom. The molecule has 1 aromatic carbocycles. The van der Waals surface area contributed by atoms with Gasteiger partial charge in [0.25, 0.3) is 5.91 Å². The average molecular weight is 242 g/mol. The van der Waals surface area contributed by atoms with Gasteiger partial charge in [-0.05, 0) is 31.5 Å². The molecule has 0 spiro atoms. The number of hydrogen-bond acceptors (Lipinski definition) is 2. The molecule has 1 amide bonds. The second-order valence-corrected chi connectivity index (χ2v) is 4.59. The van der Waals surface area contributed by atoms with Crippen LogP contribution in [0.25, 0.3) is 0 Å². The number of alkyl halides is 1. The minimum absolute atomic E-state index is 0.191. The van der Waals surface area contributed by atoms with Crippen molar-refractivity contribution in [1.29, 1.82) is 0 Å². The van der Waals surface area contributed by atoms with E-state index in [1.807, 2.05) is 12.1 Å². The standard InChI is InChI=1S/C12H16ClNO2/c1-12(2,16)8-14-11(15)10-5-3-9(7-13)4-6-10/h3-6,16H,7-8H2,1-2H3,(H,14,15). The van der Waals surface area contributed by atoms with Crippen molar-refractivity contribution in [2.45, 2.75) is 25.3 Å². The topological polar surface area (TPSA) is 49.3 Å². The van der Waals surface area contributed by atoms with Crippen LogP contribution >= 0.6 is 11.6 Å². The SMILES string of the molecule is CC(C)(O)CNC(=O)c1ccc(CCl)cc1. The molecule has 0 aliphatic rings. The van der Waals surface area contributed by atoms with Crippen molar-refractivity contribution in [3.05, 3.63) is 35.4 Å². The number of carbonyl (C=O) groups excluding carboxylic acids is 1. The Morgan fingerprint density at radius 2 is 1.94 bits per heavy atom. The molecule has 4 heteroatoms. The van der Waals surface area contributed by atoms with E-state index in [9.17, 15) is 9.90 Å². The highest BCUT2D eigenvalue weighted by molar-refractivity contribution is 6.17. The number of halogens is 1. The molecule has 3 nitrogen and oxygen atoms in total. The average Bonchev–Trinajstić information content (AvgIpc) is 2.25. The van der Waals surface area contributed by atoms with Crippen molar-refractivity contribution in [3.8, 4) is 0 Å². The first-order valence-corrected chi connectivity index (χ1v) is 5.61. The summed E-state index contributed by atoms with van der Waals surface area (Å²) in [6.07, 6.45) is 0. The molecule has 0 saturated heterocycles. The summed E-state index contributed by atoms with van der Waals surface area (Å²) < 4.78 is 0. The molecule has 0 bridgehead atoms. The van der Waals surface area contributed by atoms with Gasteiger partial charge in [-0.1, -0.05) is 12.1 Å². The lowest BCUT2D eigenvalue weighted by Gasteiger charge is -2.17. The molecule has 2 N–H and O–H groups in total. The summed E-state index contributed by atoms with van der Waals surface area (Å²) in [5, 5.41) is 12.1. The molecule has 1 rings (SSSR count). The third-order valence-corrected chi connectivity index (χ3v) is 2.36. The highest BCUT2D eigenvalue weighted by Gasteiger charge is 2.14. The summed E-state index contributed by atoms with van der Waals surface area (Å²) in [6, 6.07) is 7.06. The molecular weight excluding hydrogens is 226 g/mol. The van der Waals surface area contributed by atoms with Gasteiger partial charge in [0.2, 0.25) is 0 Å². The van der Waals surface area contributed by atoms with Gasteiger partial charge in [-0.3, -0.25) is 4.79 Å². The van der Waals surface area contributed by atoms with Crippen LogP contribution in [0.1, 0.15) is 29.8 Å². The number of hydrogen-bond donors (Lipinski definition) is 2. The van der Waals surface area contributed by atoms with Gasteiger partial charge >= 0.3 is 0 Å². The third kappa shape index (κ3) is 4.21. The summed E-state index contributed by atoms with van der Waals surface area (Å²) in [4.78, 5) is 11.6. The quantitative estimate of drug-likeness (QED) is 0.792. The van der Waals surface area contributed by atoms with Gasteiger partial charge in [-0.25, -0.2) is 0 Å². The van der Waals surface area contributed by atoms with Gasteiger partial charge in [-0.2, -0.15) is 0 Å². The number of benzene rings is 1. The Labute approximate surface area is 100 Å². The van der Waals surface area contributed by atoms with Crippen LogP contribution in [0, 0.1) is 0 Å². The van der Waals surface area contributed by atoms with Crippen molar-refractivity contribution >= 4 is 17.5 Å². The Morgan fingerprint density at radius 3 is 2.38 bits per heavy atom. The fraction of sp³-hybridized carbons (Fsp3) is 0.417. The van der Waals surface area contributed by atoms with Crippen LogP contribution in [-0.2, 0) is 5.88 Å². The lowest BCUT2D eigenvalue weighted by Crippen LogP contribution is -2.38. The Kier molecular flexibility index (Phi) is 4.33. The molecule has 0 aliphatic heterocycles. The summed E-state index contributed by atoms with van der Waals surface area (Å²) in [7, 11) is 0. The lowest BCUT2D eigenvalue weighted by molar-refractivity contribution is 0.0694. The first-order chi connectivity index (χ1) is 7.42. The molecule has 0 radical (unpaired) electrons. The molecule has 16 heavy (non-hydrogen) atoms. The Bertz CT molecular complexity index is 354. The van der Waals surface area contributed by atoms with Crippen LogP contribution in [-0.4, -0.2) is 23.2 Å². The normalized spacial score (nSPS) is 11.2. The van der Waals surface area contributed by atoms with Crippen LogP contribution in [0.4, 0.5) is 0 Å². The number of rotatable bonds is 4. The molecule has 88 valence electrons. The highest BCUT2D eigenvalue weighted by Crippen LogP contribution is 2.07. The summed E-state index contributed by atoms with van der Waals surface area (Å²) >= 11 is 5.65. The molecule has 0 aliphatic carbocycles. The lowest BCUT2D eigenvalue weighted by atomic mass is 10.1. The Hall–Kier alpha value is -1.06. The van der Waals surface area contributed by atoms with E-state index < -0.39 is 5.60 Å². The summed E-state index contributed by atoms with van der Waals surface area (Å²) in [5.74, 6) is 0.245. The maximum atomic E-state index is 11.6. The monoisotopic (exact) mass is 241 g/mol. The predicted octanol–water partition coefficient (Wildman–Crippen LogP) is 1.93. The van der Waals surface area contributed by atoms with Crippen molar-refractivity contribution < 1.29 is 9.90 Å². The molecule has 0 atom stereocenters. The second-order valence-electron chi connectivity index (χ2n) is 4.33. The van der Waals surface area contributed by atoms with E-state index in [4.69, 9.17) is 11.6 Å². The third-order valence-electron chi connectivity index (χ3n) is 2.05. The van der Waals surface area contributed by atoms with Crippen molar-refractivity contribution in [2.75, 3.05) is 6.54 Å². The van der Waals surface area contributed by atoms with Gasteiger partial charge in [0.05, 0.1) is 5.60 Å². The maximum absolute atomic E-state index is 11.6. The smallest absolute Gasteiger partial charge is 0.251 e. The van der Waals surface area contributed by atoms with Gasteiger partial charge in [0.15, 0.2) is 0 Å². The molecule has 0 unspecified atom stereocenters. The minimum Gasteiger partial charge on any atom is -0.389 e. The van der Waals surface area contributed by atoms with Gasteiger partial charge in [0, 0.05) is 18.0 Å². The first kappa shape index (κ1) is 13.0. The minimum atomic E-state index is -0.897. The molecule has 0 saturated carbocycles. The van der Waals surface area contributed by atoms with Gasteiger partial charge in [0.1, 0.15) is 0 Å². The molecule has 0 aromatic heterocycles. The fourth-order valence-corrected chi connectivity index (χ4v) is 1.32. The van der Waals surface area contributed by atoms with E-state index in [0.29, 0.717) is 11.4 Å². The fourth-order valence-electron chi connectivity index (χ4n) is 1.14. The zero-order chi connectivity index (χ0) is 12.2. The van der Waals surface area contributed by atoms with E-state index in [0.717, 1.165) is 5.56 Å². The predicted molar refractivity (Wildman–Crippen MR) is 64.6 cm³/mol. The highest BCUT2D eigenvalue weighted by atomic mass is 35.5.